The second-order valence-electron chi connectivity index (χ2n) is 4.98. The van der Waals surface area contributed by atoms with E-state index >= 15 is 0 Å². The molecule has 0 aliphatic rings. The number of nitrogens with zero attached hydrogens (tertiary/aromatic N) is 4. The number of fused-ring (bicyclic) bond motifs is 1. The molecule has 0 radical (unpaired) electrons. The lowest BCUT2D eigenvalue weighted by Crippen LogP contribution is -2.07. The normalized spacial score (nSPS) is 11.2. The first-order valence-electron chi connectivity index (χ1n) is 7.28. The molecule has 0 bridgehead atoms. The van der Waals surface area contributed by atoms with E-state index in [4.69, 9.17) is 0 Å². The Hall–Kier alpha value is -1.95. The van der Waals surface area contributed by atoms with Crippen LogP contribution in [0.3, 0.4) is 0 Å². The van der Waals surface area contributed by atoms with E-state index in [1.54, 1.807) is 11.3 Å². The van der Waals surface area contributed by atoms with Gasteiger partial charge in [-0.3, -0.25) is 0 Å². The van der Waals surface area contributed by atoms with Gasteiger partial charge in [-0.25, -0.2) is 9.67 Å². The fraction of sp³-hybridized carbons (Fsp3) is 0.400. The number of aryl methyl sites for hydroxylation is 2. The maximum atomic E-state index is 4.65. The Kier molecular flexibility index (Phi) is 3.88. The van der Waals surface area contributed by atoms with Crippen molar-refractivity contribution in [2.24, 2.45) is 0 Å². The van der Waals surface area contributed by atoms with Crippen LogP contribution in [-0.4, -0.2) is 26.3 Å². The summed E-state index contributed by atoms with van der Waals surface area (Å²) in [6.07, 6.45) is 4.00. The van der Waals surface area contributed by atoms with Gasteiger partial charge in [0.1, 0.15) is 4.83 Å². The van der Waals surface area contributed by atoms with E-state index in [-0.39, 0.29) is 0 Å². The number of aromatic nitrogens is 4. The summed E-state index contributed by atoms with van der Waals surface area (Å²) in [5, 5.41) is 8.84. The maximum absolute atomic E-state index is 4.65. The highest BCUT2D eigenvalue weighted by molar-refractivity contribution is 7.18. The molecule has 1 N–H and O–H groups in total. The number of anilines is 1. The third kappa shape index (κ3) is 2.76. The molecule has 0 aliphatic carbocycles. The summed E-state index contributed by atoms with van der Waals surface area (Å²) in [4.78, 5) is 11.6. The van der Waals surface area contributed by atoms with Crippen molar-refractivity contribution >= 4 is 27.5 Å². The summed E-state index contributed by atoms with van der Waals surface area (Å²) in [6.45, 7) is 7.14. The highest BCUT2D eigenvalue weighted by atomic mass is 32.1. The van der Waals surface area contributed by atoms with Gasteiger partial charge in [-0.1, -0.05) is 13.8 Å². The van der Waals surface area contributed by atoms with Gasteiger partial charge in [0, 0.05) is 17.6 Å². The molecular weight excluding hydrogens is 282 g/mol. The second kappa shape index (κ2) is 5.81. The van der Waals surface area contributed by atoms with Crippen LogP contribution in [-0.2, 0) is 6.42 Å². The Morgan fingerprint density at radius 2 is 2.14 bits per heavy atom. The number of thiophene rings is 1. The zero-order valence-corrected chi connectivity index (χ0v) is 13.4. The van der Waals surface area contributed by atoms with Crippen LogP contribution in [0.5, 0.6) is 0 Å². The minimum atomic E-state index is 0.678. The van der Waals surface area contributed by atoms with E-state index < -0.39 is 0 Å². The van der Waals surface area contributed by atoms with Gasteiger partial charge in [0.15, 0.2) is 5.82 Å². The van der Waals surface area contributed by atoms with E-state index in [1.165, 1.54) is 4.88 Å². The van der Waals surface area contributed by atoms with Crippen LogP contribution in [0.25, 0.3) is 16.0 Å². The first-order valence-corrected chi connectivity index (χ1v) is 8.10. The molecule has 0 spiro atoms. The molecule has 3 aromatic rings. The van der Waals surface area contributed by atoms with Gasteiger partial charge in [0.05, 0.1) is 11.1 Å². The lowest BCUT2D eigenvalue weighted by Gasteiger charge is -2.07. The summed E-state index contributed by atoms with van der Waals surface area (Å²) in [5.74, 6) is 1.53. The molecule has 3 aromatic heterocycles. The van der Waals surface area contributed by atoms with Crippen LogP contribution in [0.2, 0.25) is 0 Å². The summed E-state index contributed by atoms with van der Waals surface area (Å²) < 4.78 is 1.84. The molecule has 110 valence electrons. The second-order valence-corrected chi connectivity index (χ2v) is 6.10. The van der Waals surface area contributed by atoms with E-state index in [9.17, 15) is 0 Å². The molecule has 0 amide bonds. The number of rotatable bonds is 5. The Bertz CT molecular complexity index is 759. The summed E-state index contributed by atoms with van der Waals surface area (Å²) in [5.41, 5.74) is 0.982. The van der Waals surface area contributed by atoms with Gasteiger partial charge < -0.3 is 5.32 Å². The van der Waals surface area contributed by atoms with Crippen LogP contribution in [0.4, 0.5) is 5.95 Å². The number of nitrogens with one attached hydrogen (secondary N) is 1. The predicted octanol–water partition coefficient (Wildman–Crippen LogP) is 3.57. The predicted molar refractivity (Wildman–Crippen MR) is 87.4 cm³/mol. The molecule has 5 nitrogen and oxygen atoms in total. The summed E-state index contributed by atoms with van der Waals surface area (Å²) >= 11 is 1.73. The minimum Gasteiger partial charge on any atom is -0.354 e. The zero-order valence-electron chi connectivity index (χ0n) is 12.6. The Morgan fingerprint density at radius 1 is 1.29 bits per heavy atom. The summed E-state index contributed by atoms with van der Waals surface area (Å²) in [7, 11) is 0. The lowest BCUT2D eigenvalue weighted by atomic mass is 10.3. The van der Waals surface area contributed by atoms with Gasteiger partial charge in [-0.15, -0.1) is 11.3 Å². The standard InChI is InChI=1S/C15H19N5S/c1-4-7-16-15-17-13(20-8-6-10(3)19-20)12-9-11(5-2)21-14(12)18-15/h6,8-9H,4-5,7H2,1-3H3,(H,16,17,18). The molecule has 0 atom stereocenters. The summed E-state index contributed by atoms with van der Waals surface area (Å²) in [6, 6.07) is 4.16. The molecule has 0 unspecified atom stereocenters. The van der Waals surface area contributed by atoms with Gasteiger partial charge >= 0.3 is 0 Å². The molecule has 0 saturated carbocycles. The van der Waals surface area contributed by atoms with Crippen molar-refractivity contribution in [1.29, 1.82) is 0 Å². The minimum absolute atomic E-state index is 0.678. The average Bonchev–Trinajstić information content (AvgIpc) is 3.09. The van der Waals surface area contributed by atoms with Gasteiger partial charge in [0.2, 0.25) is 5.95 Å². The fourth-order valence-corrected chi connectivity index (χ4v) is 3.12. The molecule has 0 fully saturated rings. The van der Waals surface area contributed by atoms with E-state index in [1.807, 2.05) is 23.9 Å². The molecule has 0 aromatic carbocycles. The topological polar surface area (TPSA) is 55.6 Å². The molecule has 21 heavy (non-hydrogen) atoms. The van der Waals surface area contributed by atoms with Crippen molar-refractivity contribution in [3.63, 3.8) is 0 Å². The molecule has 3 heterocycles. The molecular formula is C15H19N5S. The monoisotopic (exact) mass is 301 g/mol. The lowest BCUT2D eigenvalue weighted by molar-refractivity contribution is 0.835. The number of hydrogen-bond acceptors (Lipinski definition) is 5. The van der Waals surface area contributed by atoms with Crippen molar-refractivity contribution in [1.82, 2.24) is 19.7 Å². The van der Waals surface area contributed by atoms with Crippen LogP contribution < -0.4 is 5.32 Å². The fourth-order valence-electron chi connectivity index (χ4n) is 2.15. The molecule has 6 heteroatoms. The van der Waals surface area contributed by atoms with Gasteiger partial charge in [-0.2, -0.15) is 10.1 Å². The van der Waals surface area contributed by atoms with E-state index in [0.29, 0.717) is 5.95 Å². The van der Waals surface area contributed by atoms with Crippen molar-refractivity contribution < 1.29 is 0 Å². The smallest absolute Gasteiger partial charge is 0.226 e. The van der Waals surface area contributed by atoms with Crippen molar-refractivity contribution in [3.05, 3.63) is 28.9 Å². The molecule has 3 rings (SSSR count). The highest BCUT2D eigenvalue weighted by Gasteiger charge is 2.13. The third-order valence-corrected chi connectivity index (χ3v) is 4.42. The van der Waals surface area contributed by atoms with E-state index in [2.05, 4.69) is 40.3 Å². The molecule has 0 aliphatic heterocycles. The van der Waals surface area contributed by atoms with E-state index in [0.717, 1.165) is 41.1 Å². The van der Waals surface area contributed by atoms with Gasteiger partial charge in [-0.05, 0) is 31.9 Å². The van der Waals surface area contributed by atoms with Crippen molar-refractivity contribution in [2.75, 3.05) is 11.9 Å². The van der Waals surface area contributed by atoms with Crippen LogP contribution >= 0.6 is 11.3 Å². The Balaban J connectivity index is 2.16. The third-order valence-electron chi connectivity index (χ3n) is 3.24. The Morgan fingerprint density at radius 3 is 2.81 bits per heavy atom. The maximum Gasteiger partial charge on any atom is 0.226 e. The first-order chi connectivity index (χ1) is 10.2. The molecule has 0 saturated heterocycles. The number of hydrogen-bond donors (Lipinski definition) is 1. The van der Waals surface area contributed by atoms with Crippen molar-refractivity contribution in [2.45, 2.75) is 33.6 Å². The quantitative estimate of drug-likeness (QED) is 0.782. The van der Waals surface area contributed by atoms with Gasteiger partial charge in [0.25, 0.3) is 0 Å². The van der Waals surface area contributed by atoms with Crippen LogP contribution in [0.15, 0.2) is 18.3 Å². The average molecular weight is 301 g/mol. The highest BCUT2D eigenvalue weighted by Crippen LogP contribution is 2.29. The SMILES string of the molecule is CCCNc1nc(-n2ccc(C)n2)c2cc(CC)sc2n1. The van der Waals surface area contributed by atoms with Crippen molar-refractivity contribution in [3.8, 4) is 5.82 Å². The van der Waals surface area contributed by atoms with Crippen LogP contribution in [0, 0.1) is 6.92 Å². The van der Waals surface area contributed by atoms with Crippen LogP contribution in [0.1, 0.15) is 30.8 Å². The Labute approximate surface area is 128 Å². The first kappa shape index (κ1) is 14.0. The largest absolute Gasteiger partial charge is 0.354 e. The zero-order chi connectivity index (χ0) is 14.8.